The van der Waals surface area contributed by atoms with Crippen LogP contribution < -0.4 is 5.73 Å². The van der Waals surface area contributed by atoms with E-state index in [1.165, 1.54) is 0 Å². The van der Waals surface area contributed by atoms with E-state index in [0.717, 1.165) is 16.5 Å². The number of halogens is 2. The first-order chi connectivity index (χ1) is 8.08. The number of nitrogens with zero attached hydrogens (tertiary/aromatic N) is 3. The summed E-state index contributed by atoms with van der Waals surface area (Å²) in [4.78, 5) is 0. The Morgan fingerprint density at radius 1 is 1.29 bits per heavy atom. The Morgan fingerprint density at radius 3 is 2.65 bits per heavy atom. The Bertz CT molecular complexity index is 541. The van der Waals surface area contributed by atoms with Crippen molar-refractivity contribution >= 4 is 40.9 Å². The normalized spacial score (nSPS) is 10.8. The molecule has 0 aliphatic heterocycles. The van der Waals surface area contributed by atoms with Gasteiger partial charge in [0.25, 0.3) is 0 Å². The summed E-state index contributed by atoms with van der Waals surface area (Å²) in [7, 11) is 1.83. The Balaban J connectivity index is 2.07. The largest absolute Gasteiger partial charge is 0.368 e. The monoisotopic (exact) mass is 288 g/mol. The molecule has 90 valence electrons. The molecule has 0 spiro atoms. The van der Waals surface area contributed by atoms with Crippen LogP contribution in [0, 0.1) is 0 Å². The van der Waals surface area contributed by atoms with Crippen LogP contribution in [0.15, 0.2) is 23.4 Å². The maximum absolute atomic E-state index is 5.94. The van der Waals surface area contributed by atoms with Crippen LogP contribution >= 0.6 is 35.0 Å². The van der Waals surface area contributed by atoms with Gasteiger partial charge in [-0.3, -0.25) is 4.57 Å². The third-order valence-corrected chi connectivity index (χ3v) is 4.05. The van der Waals surface area contributed by atoms with Gasteiger partial charge < -0.3 is 5.73 Å². The summed E-state index contributed by atoms with van der Waals surface area (Å²) in [6.45, 7) is 0. The first-order valence-electron chi connectivity index (χ1n) is 4.79. The molecule has 0 aliphatic carbocycles. The quantitative estimate of drug-likeness (QED) is 0.882. The number of benzene rings is 1. The van der Waals surface area contributed by atoms with Crippen LogP contribution in [0.25, 0.3) is 0 Å². The minimum absolute atomic E-state index is 0.404. The summed E-state index contributed by atoms with van der Waals surface area (Å²) in [6.07, 6.45) is 0. The minimum atomic E-state index is 0.404. The Morgan fingerprint density at radius 2 is 2.06 bits per heavy atom. The molecule has 2 rings (SSSR count). The summed E-state index contributed by atoms with van der Waals surface area (Å²) >= 11 is 13.3. The van der Waals surface area contributed by atoms with Gasteiger partial charge in [0.15, 0.2) is 5.16 Å². The maximum Gasteiger partial charge on any atom is 0.222 e. The lowest BCUT2D eigenvalue weighted by molar-refractivity contribution is 0.796. The average Bonchev–Trinajstić information content (AvgIpc) is 2.62. The van der Waals surface area contributed by atoms with E-state index in [0.29, 0.717) is 16.0 Å². The van der Waals surface area contributed by atoms with Crippen LogP contribution in [0.2, 0.25) is 10.0 Å². The molecule has 0 saturated heterocycles. The first kappa shape index (κ1) is 12.5. The van der Waals surface area contributed by atoms with E-state index < -0.39 is 0 Å². The van der Waals surface area contributed by atoms with Crippen molar-refractivity contribution in [3.05, 3.63) is 33.8 Å². The van der Waals surface area contributed by atoms with E-state index in [1.54, 1.807) is 22.4 Å². The van der Waals surface area contributed by atoms with Crippen LogP contribution in [0.1, 0.15) is 5.56 Å². The van der Waals surface area contributed by atoms with Gasteiger partial charge in [0, 0.05) is 12.8 Å². The molecule has 4 nitrogen and oxygen atoms in total. The summed E-state index contributed by atoms with van der Waals surface area (Å²) in [5, 5.41) is 9.63. The van der Waals surface area contributed by atoms with Crippen LogP contribution in [-0.2, 0) is 12.8 Å². The zero-order valence-electron chi connectivity index (χ0n) is 9.02. The lowest BCUT2D eigenvalue weighted by atomic mass is 10.2. The molecule has 7 heteroatoms. The number of hydrogen-bond acceptors (Lipinski definition) is 4. The number of rotatable bonds is 3. The zero-order chi connectivity index (χ0) is 12.4. The summed E-state index contributed by atoms with van der Waals surface area (Å²) in [5.74, 6) is 1.14. The molecule has 0 fully saturated rings. The van der Waals surface area contributed by atoms with Gasteiger partial charge in [0.2, 0.25) is 5.95 Å². The Labute approximate surface area is 113 Å². The summed E-state index contributed by atoms with van der Waals surface area (Å²) in [5.41, 5.74) is 6.67. The molecule has 0 radical (unpaired) electrons. The second kappa shape index (κ2) is 5.16. The Kier molecular flexibility index (Phi) is 3.81. The lowest BCUT2D eigenvalue weighted by Crippen LogP contribution is -1.98. The second-order valence-corrected chi connectivity index (χ2v) is 5.19. The highest BCUT2D eigenvalue weighted by Gasteiger charge is 2.07. The van der Waals surface area contributed by atoms with Crippen LogP contribution in [0.4, 0.5) is 5.95 Å². The maximum atomic E-state index is 5.94. The first-order valence-corrected chi connectivity index (χ1v) is 6.53. The van der Waals surface area contributed by atoms with E-state index in [-0.39, 0.29) is 0 Å². The minimum Gasteiger partial charge on any atom is -0.368 e. The van der Waals surface area contributed by atoms with Gasteiger partial charge in [-0.25, -0.2) is 0 Å². The molecule has 0 aliphatic rings. The van der Waals surface area contributed by atoms with Gasteiger partial charge in [0.1, 0.15) is 0 Å². The van der Waals surface area contributed by atoms with Crippen molar-refractivity contribution in [3.63, 3.8) is 0 Å². The molecule has 1 aromatic carbocycles. The highest BCUT2D eigenvalue weighted by molar-refractivity contribution is 7.98. The number of aromatic nitrogens is 3. The fourth-order valence-corrected chi connectivity index (χ4v) is 2.41. The fourth-order valence-electron chi connectivity index (χ4n) is 1.23. The average molecular weight is 289 g/mol. The molecule has 0 bridgehead atoms. The molecule has 0 saturated carbocycles. The molecule has 2 aromatic rings. The van der Waals surface area contributed by atoms with Crippen molar-refractivity contribution in [1.82, 2.24) is 14.8 Å². The molecule has 0 unspecified atom stereocenters. The number of anilines is 1. The SMILES string of the molecule is Cn1c(N)nnc1SCc1ccc(Cl)c(Cl)c1. The van der Waals surface area contributed by atoms with Gasteiger partial charge in [-0.1, -0.05) is 41.0 Å². The van der Waals surface area contributed by atoms with Gasteiger partial charge in [0.05, 0.1) is 10.0 Å². The molecule has 2 N–H and O–H groups in total. The van der Waals surface area contributed by atoms with Gasteiger partial charge >= 0.3 is 0 Å². The third kappa shape index (κ3) is 2.86. The number of nitrogens with two attached hydrogens (primary N) is 1. The van der Waals surface area contributed by atoms with Crippen molar-refractivity contribution in [3.8, 4) is 0 Å². The number of hydrogen-bond donors (Lipinski definition) is 1. The van der Waals surface area contributed by atoms with Crippen molar-refractivity contribution < 1.29 is 0 Å². The highest BCUT2D eigenvalue weighted by Crippen LogP contribution is 2.27. The summed E-state index contributed by atoms with van der Waals surface area (Å²) in [6, 6.07) is 5.56. The van der Waals surface area contributed by atoms with E-state index >= 15 is 0 Å². The molecule has 0 amide bonds. The molecule has 1 heterocycles. The van der Waals surface area contributed by atoms with Gasteiger partial charge in [-0.15, -0.1) is 10.2 Å². The molecule has 1 aromatic heterocycles. The number of thioether (sulfide) groups is 1. The highest BCUT2D eigenvalue weighted by atomic mass is 35.5. The van der Waals surface area contributed by atoms with Crippen molar-refractivity contribution in [2.45, 2.75) is 10.9 Å². The summed E-state index contributed by atoms with van der Waals surface area (Å²) < 4.78 is 1.74. The van der Waals surface area contributed by atoms with E-state index in [9.17, 15) is 0 Å². The van der Waals surface area contributed by atoms with Crippen LogP contribution in [0.3, 0.4) is 0 Å². The molecule has 17 heavy (non-hydrogen) atoms. The standard InChI is InChI=1S/C10H10Cl2N4S/c1-16-9(13)14-15-10(16)17-5-6-2-3-7(11)8(12)4-6/h2-4H,5H2,1H3,(H2,13,14). The van der Waals surface area contributed by atoms with Gasteiger partial charge in [-0.2, -0.15) is 0 Å². The zero-order valence-corrected chi connectivity index (χ0v) is 11.4. The predicted molar refractivity (Wildman–Crippen MR) is 71.4 cm³/mol. The smallest absolute Gasteiger partial charge is 0.222 e. The van der Waals surface area contributed by atoms with E-state index in [4.69, 9.17) is 28.9 Å². The Hall–Kier alpha value is -0.910. The lowest BCUT2D eigenvalue weighted by Gasteiger charge is -2.03. The van der Waals surface area contributed by atoms with Crippen LogP contribution in [-0.4, -0.2) is 14.8 Å². The van der Waals surface area contributed by atoms with E-state index in [2.05, 4.69) is 10.2 Å². The van der Waals surface area contributed by atoms with Gasteiger partial charge in [-0.05, 0) is 17.7 Å². The second-order valence-electron chi connectivity index (χ2n) is 3.44. The molecular weight excluding hydrogens is 279 g/mol. The van der Waals surface area contributed by atoms with Crippen molar-refractivity contribution in [2.24, 2.45) is 7.05 Å². The molecular formula is C10H10Cl2N4S. The fraction of sp³-hybridized carbons (Fsp3) is 0.200. The molecule has 0 atom stereocenters. The third-order valence-electron chi connectivity index (χ3n) is 2.22. The van der Waals surface area contributed by atoms with E-state index in [1.807, 2.05) is 19.2 Å². The topological polar surface area (TPSA) is 56.7 Å². The number of nitrogen functional groups attached to an aromatic ring is 1. The van der Waals surface area contributed by atoms with Crippen molar-refractivity contribution in [1.29, 1.82) is 0 Å². The van der Waals surface area contributed by atoms with Crippen molar-refractivity contribution in [2.75, 3.05) is 5.73 Å². The van der Waals surface area contributed by atoms with Crippen LogP contribution in [0.5, 0.6) is 0 Å². The predicted octanol–water partition coefficient (Wildman–Crippen LogP) is 3.00.